The van der Waals surface area contributed by atoms with Crippen LogP contribution in [0.5, 0.6) is 0 Å². The summed E-state index contributed by atoms with van der Waals surface area (Å²) in [5.74, 6) is -0.277. The van der Waals surface area contributed by atoms with Crippen molar-refractivity contribution in [3.8, 4) is 0 Å². The molecular weight excluding hydrogens is 428 g/mol. The zero-order chi connectivity index (χ0) is 20.4. The lowest BCUT2D eigenvalue weighted by atomic mass is 10.0. The summed E-state index contributed by atoms with van der Waals surface area (Å²) in [6, 6.07) is 22.5. The highest BCUT2D eigenvalue weighted by Gasteiger charge is 2.36. The number of nitrogens with one attached hydrogen (secondary N) is 1. The molecule has 4 nitrogen and oxygen atoms in total. The molecule has 3 aromatic rings. The third-order valence-corrected chi connectivity index (χ3v) is 6.12. The van der Waals surface area contributed by atoms with Crippen LogP contribution in [0.1, 0.15) is 27.0 Å². The van der Waals surface area contributed by atoms with Gasteiger partial charge in [0.2, 0.25) is 5.91 Å². The molecule has 0 unspecified atom stereocenters. The number of hydrogen-bond acceptors (Lipinski definition) is 2. The Morgan fingerprint density at radius 3 is 2.52 bits per heavy atom. The second kappa shape index (κ2) is 8.21. The second-order valence-corrected chi connectivity index (χ2v) is 8.10. The highest BCUT2D eigenvalue weighted by atomic mass is 79.9. The molecule has 0 saturated carbocycles. The number of hydrogen-bond donors (Lipinski definition) is 1. The number of carbonyl (C=O) groups excluding carboxylic acids is 2. The van der Waals surface area contributed by atoms with E-state index in [1.54, 1.807) is 4.90 Å². The second-order valence-electron chi connectivity index (χ2n) is 7.25. The standard InChI is InChI=1S/C24H21BrN2O2/c1-16-13-19(11-12-21(16)25)26-23(28)22(14-17-7-3-2-4-8-17)27-15-18-9-5-6-10-20(18)24(27)29/h2-13,22H,14-15H2,1H3,(H,26,28)/t22-/m0/s1. The van der Waals surface area contributed by atoms with Gasteiger partial charge in [0.05, 0.1) is 0 Å². The molecule has 4 rings (SSSR count). The van der Waals surface area contributed by atoms with Crippen molar-refractivity contribution in [2.24, 2.45) is 0 Å². The summed E-state index contributed by atoms with van der Waals surface area (Å²) < 4.78 is 0.988. The number of halogens is 1. The van der Waals surface area contributed by atoms with Crippen LogP contribution in [0.25, 0.3) is 0 Å². The SMILES string of the molecule is Cc1cc(NC(=O)[C@H](Cc2ccccc2)N2Cc3ccccc3C2=O)ccc1Br. The van der Waals surface area contributed by atoms with Gasteiger partial charge in [-0.1, -0.05) is 64.5 Å². The summed E-state index contributed by atoms with van der Waals surface area (Å²) in [7, 11) is 0. The number of nitrogens with zero attached hydrogens (tertiary/aromatic N) is 1. The Morgan fingerprint density at radius 2 is 1.79 bits per heavy atom. The van der Waals surface area contributed by atoms with Gasteiger partial charge < -0.3 is 10.2 Å². The van der Waals surface area contributed by atoms with Gasteiger partial charge in [-0.2, -0.15) is 0 Å². The molecule has 1 atom stereocenters. The first-order chi connectivity index (χ1) is 14.0. The lowest BCUT2D eigenvalue weighted by molar-refractivity contribution is -0.120. The molecule has 1 N–H and O–H groups in total. The molecule has 0 aliphatic carbocycles. The molecule has 0 saturated heterocycles. The third kappa shape index (κ3) is 4.10. The largest absolute Gasteiger partial charge is 0.324 e. The fraction of sp³-hybridized carbons (Fsp3) is 0.167. The zero-order valence-electron chi connectivity index (χ0n) is 16.1. The van der Waals surface area contributed by atoms with E-state index >= 15 is 0 Å². The molecule has 5 heteroatoms. The van der Waals surface area contributed by atoms with Gasteiger partial charge in [-0.25, -0.2) is 0 Å². The van der Waals surface area contributed by atoms with Gasteiger partial charge in [-0.15, -0.1) is 0 Å². The fourth-order valence-corrected chi connectivity index (χ4v) is 3.91. The van der Waals surface area contributed by atoms with E-state index in [4.69, 9.17) is 0 Å². The Kier molecular flexibility index (Phi) is 5.49. The smallest absolute Gasteiger partial charge is 0.255 e. The summed E-state index contributed by atoms with van der Waals surface area (Å²) in [5.41, 5.74) is 4.41. The molecule has 0 bridgehead atoms. The minimum atomic E-state index is -0.596. The van der Waals surface area contributed by atoms with Gasteiger partial charge in [0.15, 0.2) is 0 Å². The first-order valence-electron chi connectivity index (χ1n) is 9.53. The normalized spacial score (nSPS) is 13.9. The van der Waals surface area contributed by atoms with Crippen LogP contribution >= 0.6 is 15.9 Å². The first-order valence-corrected chi connectivity index (χ1v) is 10.3. The van der Waals surface area contributed by atoms with Crippen LogP contribution in [0.4, 0.5) is 5.69 Å². The van der Waals surface area contributed by atoms with Crippen molar-refractivity contribution < 1.29 is 9.59 Å². The van der Waals surface area contributed by atoms with E-state index in [0.717, 1.165) is 26.9 Å². The molecule has 1 aliphatic rings. The van der Waals surface area contributed by atoms with Crippen LogP contribution in [0.15, 0.2) is 77.3 Å². The molecule has 2 amide bonds. The minimum Gasteiger partial charge on any atom is -0.324 e. The van der Waals surface area contributed by atoms with E-state index in [-0.39, 0.29) is 11.8 Å². The summed E-state index contributed by atoms with van der Waals surface area (Å²) in [6.45, 7) is 2.42. The van der Waals surface area contributed by atoms with Gasteiger partial charge in [0.25, 0.3) is 5.91 Å². The molecule has 0 fully saturated rings. The minimum absolute atomic E-state index is 0.0938. The maximum absolute atomic E-state index is 13.3. The lowest BCUT2D eigenvalue weighted by Crippen LogP contribution is -2.45. The molecule has 1 aliphatic heterocycles. The van der Waals surface area contributed by atoms with Crippen molar-refractivity contribution in [2.45, 2.75) is 25.9 Å². The van der Waals surface area contributed by atoms with Gasteiger partial charge in [0, 0.05) is 28.7 Å². The van der Waals surface area contributed by atoms with Crippen molar-refractivity contribution in [1.82, 2.24) is 4.90 Å². The highest BCUT2D eigenvalue weighted by Crippen LogP contribution is 2.27. The quantitative estimate of drug-likeness (QED) is 0.599. The summed E-state index contributed by atoms with van der Waals surface area (Å²) in [6.07, 6.45) is 0.460. The van der Waals surface area contributed by atoms with Crippen LogP contribution in [0.2, 0.25) is 0 Å². The van der Waals surface area contributed by atoms with Crippen molar-refractivity contribution in [3.63, 3.8) is 0 Å². The van der Waals surface area contributed by atoms with E-state index in [1.165, 1.54) is 0 Å². The average Bonchev–Trinajstić information content (AvgIpc) is 3.06. The topological polar surface area (TPSA) is 49.4 Å². The van der Waals surface area contributed by atoms with Crippen molar-refractivity contribution in [3.05, 3.63) is 99.5 Å². The van der Waals surface area contributed by atoms with E-state index in [1.807, 2.05) is 79.7 Å². The lowest BCUT2D eigenvalue weighted by Gasteiger charge is -2.27. The average molecular weight is 449 g/mol. The molecule has 0 spiro atoms. The number of anilines is 1. The van der Waals surface area contributed by atoms with Gasteiger partial charge >= 0.3 is 0 Å². The number of rotatable bonds is 5. The van der Waals surface area contributed by atoms with Gasteiger partial charge in [-0.05, 0) is 47.9 Å². The number of amides is 2. The van der Waals surface area contributed by atoms with Crippen LogP contribution in [-0.4, -0.2) is 22.8 Å². The van der Waals surface area contributed by atoms with Crippen LogP contribution in [0, 0.1) is 6.92 Å². The molecule has 0 radical (unpaired) electrons. The van der Waals surface area contributed by atoms with E-state index in [2.05, 4.69) is 21.2 Å². The summed E-state index contributed by atoms with van der Waals surface area (Å²) in [4.78, 5) is 28.0. The van der Waals surface area contributed by atoms with E-state index in [9.17, 15) is 9.59 Å². The molecular formula is C24H21BrN2O2. The molecule has 29 heavy (non-hydrogen) atoms. The number of carbonyl (C=O) groups is 2. The predicted molar refractivity (Wildman–Crippen MR) is 118 cm³/mol. The van der Waals surface area contributed by atoms with Crippen LogP contribution in [0.3, 0.4) is 0 Å². The van der Waals surface area contributed by atoms with Crippen molar-refractivity contribution >= 4 is 33.4 Å². The third-order valence-electron chi connectivity index (χ3n) is 5.23. The molecule has 0 aromatic heterocycles. The van der Waals surface area contributed by atoms with Crippen LogP contribution < -0.4 is 5.32 Å². The van der Waals surface area contributed by atoms with Crippen molar-refractivity contribution in [2.75, 3.05) is 5.32 Å². The number of benzene rings is 3. The maximum Gasteiger partial charge on any atom is 0.255 e. The summed E-state index contributed by atoms with van der Waals surface area (Å²) in [5, 5.41) is 3.00. The van der Waals surface area contributed by atoms with Gasteiger partial charge in [0.1, 0.15) is 6.04 Å². The Morgan fingerprint density at radius 1 is 1.07 bits per heavy atom. The zero-order valence-corrected chi connectivity index (χ0v) is 17.6. The Hall–Kier alpha value is -2.92. The Labute approximate surface area is 178 Å². The summed E-state index contributed by atoms with van der Waals surface area (Å²) >= 11 is 3.48. The van der Waals surface area contributed by atoms with E-state index in [0.29, 0.717) is 18.5 Å². The number of aryl methyl sites for hydroxylation is 1. The molecule has 1 heterocycles. The Bertz CT molecular complexity index is 1070. The van der Waals surface area contributed by atoms with Crippen molar-refractivity contribution in [1.29, 1.82) is 0 Å². The van der Waals surface area contributed by atoms with E-state index < -0.39 is 6.04 Å². The maximum atomic E-state index is 13.3. The van der Waals surface area contributed by atoms with Crippen LogP contribution in [-0.2, 0) is 17.8 Å². The Balaban J connectivity index is 1.62. The predicted octanol–water partition coefficient (Wildman–Crippen LogP) is 4.96. The molecule has 3 aromatic carbocycles. The van der Waals surface area contributed by atoms with Gasteiger partial charge in [-0.3, -0.25) is 9.59 Å². The molecule has 146 valence electrons. The monoisotopic (exact) mass is 448 g/mol. The highest BCUT2D eigenvalue weighted by molar-refractivity contribution is 9.10. The first kappa shape index (κ1) is 19.4. The fourth-order valence-electron chi connectivity index (χ4n) is 3.66. The number of fused-ring (bicyclic) bond motifs is 1.